The number of aromatic nitrogens is 2. The topological polar surface area (TPSA) is 84.4 Å². The van der Waals surface area contributed by atoms with Crippen molar-refractivity contribution in [3.05, 3.63) is 47.6 Å². The Balaban J connectivity index is 1.77. The van der Waals surface area contributed by atoms with E-state index in [-0.39, 0.29) is 4.21 Å². The van der Waals surface area contributed by atoms with Crippen molar-refractivity contribution in [2.75, 3.05) is 38.2 Å². The van der Waals surface area contributed by atoms with Gasteiger partial charge in [-0.15, -0.1) is 11.3 Å². The Hall–Kier alpha value is -1.85. The molecule has 0 saturated heterocycles. The molecule has 2 heterocycles. The normalized spacial score (nSPS) is 11.6. The zero-order valence-electron chi connectivity index (χ0n) is 16.6. The zero-order chi connectivity index (χ0) is 21.7. The molecule has 3 rings (SSSR count). The summed E-state index contributed by atoms with van der Waals surface area (Å²) < 4.78 is 34.1. The van der Waals surface area contributed by atoms with Gasteiger partial charge in [0.2, 0.25) is 0 Å². The van der Waals surface area contributed by atoms with E-state index in [1.54, 1.807) is 42.6 Å². The van der Waals surface area contributed by atoms with Crippen LogP contribution in [0.1, 0.15) is 0 Å². The second kappa shape index (κ2) is 9.97. The average Bonchev–Trinajstić information content (AvgIpc) is 3.21. The van der Waals surface area contributed by atoms with Crippen LogP contribution in [0.3, 0.4) is 0 Å². The number of rotatable bonds is 9. The maximum Gasteiger partial charge on any atom is 0.271 e. The number of benzene rings is 1. The minimum absolute atomic E-state index is 0.187. The SMILES string of the molecule is CSc1nccc(-c2ccc(S(=O)(=O)Nc3ccc(Cl)c(OCCN(C)C)c3)s2)n1. The van der Waals surface area contributed by atoms with E-state index in [1.165, 1.54) is 11.8 Å². The second-order valence-corrected chi connectivity index (χ2v) is 10.6. The van der Waals surface area contributed by atoms with Gasteiger partial charge in [0.05, 0.1) is 21.3 Å². The first-order valence-electron chi connectivity index (χ1n) is 8.85. The Morgan fingerprint density at radius 2 is 2.03 bits per heavy atom. The van der Waals surface area contributed by atoms with Gasteiger partial charge >= 0.3 is 0 Å². The van der Waals surface area contributed by atoms with E-state index in [0.29, 0.717) is 40.5 Å². The number of anilines is 1. The fourth-order valence-electron chi connectivity index (χ4n) is 2.40. The molecule has 2 aromatic heterocycles. The van der Waals surface area contributed by atoms with Crippen molar-refractivity contribution in [1.82, 2.24) is 14.9 Å². The van der Waals surface area contributed by atoms with Gasteiger partial charge in [-0.25, -0.2) is 18.4 Å². The van der Waals surface area contributed by atoms with E-state index >= 15 is 0 Å². The van der Waals surface area contributed by atoms with E-state index in [2.05, 4.69) is 14.7 Å². The fourth-order valence-corrected chi connectivity index (χ4v) is 5.25. The van der Waals surface area contributed by atoms with Crippen molar-refractivity contribution in [2.45, 2.75) is 9.37 Å². The number of halogens is 1. The molecule has 0 radical (unpaired) electrons. The smallest absolute Gasteiger partial charge is 0.271 e. The molecule has 30 heavy (non-hydrogen) atoms. The maximum atomic E-state index is 12.9. The number of likely N-dealkylation sites (N-methyl/N-ethyl adjacent to an activating group) is 1. The van der Waals surface area contributed by atoms with Crippen LogP contribution in [0.2, 0.25) is 5.02 Å². The van der Waals surface area contributed by atoms with Crippen LogP contribution in [-0.2, 0) is 10.0 Å². The van der Waals surface area contributed by atoms with Crippen molar-refractivity contribution in [2.24, 2.45) is 0 Å². The number of nitrogens with one attached hydrogen (secondary N) is 1. The van der Waals surface area contributed by atoms with Crippen molar-refractivity contribution < 1.29 is 13.2 Å². The van der Waals surface area contributed by atoms with Crippen LogP contribution >= 0.6 is 34.7 Å². The predicted molar refractivity (Wildman–Crippen MR) is 123 cm³/mol. The Labute approximate surface area is 189 Å². The molecule has 0 amide bonds. The summed E-state index contributed by atoms with van der Waals surface area (Å²) in [6, 6.07) is 9.85. The van der Waals surface area contributed by atoms with Crippen LogP contribution in [0.25, 0.3) is 10.6 Å². The molecule has 0 bridgehead atoms. The van der Waals surface area contributed by atoms with Gasteiger partial charge in [0.1, 0.15) is 16.6 Å². The molecule has 160 valence electrons. The van der Waals surface area contributed by atoms with Crippen molar-refractivity contribution in [1.29, 1.82) is 0 Å². The van der Waals surface area contributed by atoms with Gasteiger partial charge in [-0.2, -0.15) is 0 Å². The highest BCUT2D eigenvalue weighted by molar-refractivity contribution is 7.98. The third-order valence-corrected chi connectivity index (χ3v) is 7.75. The highest BCUT2D eigenvalue weighted by Crippen LogP contribution is 2.33. The lowest BCUT2D eigenvalue weighted by atomic mass is 10.3. The van der Waals surface area contributed by atoms with Crippen LogP contribution in [0.5, 0.6) is 5.75 Å². The van der Waals surface area contributed by atoms with Crippen molar-refractivity contribution in [3.8, 4) is 16.3 Å². The number of hydrogen-bond donors (Lipinski definition) is 1. The monoisotopic (exact) mass is 484 g/mol. The lowest BCUT2D eigenvalue weighted by molar-refractivity contribution is 0.261. The lowest BCUT2D eigenvalue weighted by Gasteiger charge is -2.13. The van der Waals surface area contributed by atoms with Crippen LogP contribution in [0.15, 0.2) is 52.0 Å². The molecule has 0 unspecified atom stereocenters. The summed E-state index contributed by atoms with van der Waals surface area (Å²) in [4.78, 5) is 11.3. The summed E-state index contributed by atoms with van der Waals surface area (Å²) in [5.74, 6) is 0.427. The first-order chi connectivity index (χ1) is 14.3. The van der Waals surface area contributed by atoms with Gasteiger partial charge in [-0.3, -0.25) is 4.72 Å². The van der Waals surface area contributed by atoms with Gasteiger partial charge in [0, 0.05) is 18.8 Å². The van der Waals surface area contributed by atoms with Gasteiger partial charge in [0.15, 0.2) is 5.16 Å². The van der Waals surface area contributed by atoms with Crippen LogP contribution < -0.4 is 9.46 Å². The summed E-state index contributed by atoms with van der Waals surface area (Å²) in [6.45, 7) is 1.15. The molecule has 3 aromatic rings. The van der Waals surface area contributed by atoms with Gasteiger partial charge < -0.3 is 9.64 Å². The molecular formula is C19H21ClN4O3S3. The highest BCUT2D eigenvalue weighted by atomic mass is 35.5. The number of thioether (sulfide) groups is 1. The van der Waals surface area contributed by atoms with Crippen LogP contribution in [0.4, 0.5) is 5.69 Å². The highest BCUT2D eigenvalue weighted by Gasteiger charge is 2.19. The minimum Gasteiger partial charge on any atom is -0.491 e. The second-order valence-electron chi connectivity index (χ2n) is 6.45. The van der Waals surface area contributed by atoms with Gasteiger partial charge in [-0.05, 0) is 50.7 Å². The third-order valence-electron chi connectivity index (χ3n) is 3.89. The number of ether oxygens (including phenoxy) is 1. The quantitative estimate of drug-likeness (QED) is 0.357. The van der Waals surface area contributed by atoms with Gasteiger partial charge in [-0.1, -0.05) is 23.4 Å². The summed E-state index contributed by atoms with van der Waals surface area (Å²) in [7, 11) is 0.111. The van der Waals surface area contributed by atoms with Crippen LogP contribution in [0, 0.1) is 0 Å². The van der Waals surface area contributed by atoms with E-state index in [9.17, 15) is 8.42 Å². The lowest BCUT2D eigenvalue weighted by Crippen LogP contribution is -2.19. The molecule has 1 N–H and O–H groups in total. The molecule has 0 aliphatic heterocycles. The standard InChI is InChI=1S/C19H21ClN4O3S3/c1-24(2)10-11-27-16-12-13(4-5-14(16)20)23-30(25,26)18-7-6-17(29-18)15-8-9-21-19(22-15)28-3/h4-9,12,23H,10-11H2,1-3H3. The Morgan fingerprint density at radius 3 is 2.77 bits per heavy atom. The van der Waals surface area contributed by atoms with E-state index < -0.39 is 10.0 Å². The van der Waals surface area contributed by atoms with Crippen molar-refractivity contribution >= 4 is 50.4 Å². The summed E-state index contributed by atoms with van der Waals surface area (Å²) in [5, 5.41) is 1.05. The first kappa shape index (κ1) is 22.8. The summed E-state index contributed by atoms with van der Waals surface area (Å²) in [5.41, 5.74) is 1.06. The zero-order valence-corrected chi connectivity index (χ0v) is 19.8. The molecule has 0 aliphatic rings. The first-order valence-corrected chi connectivity index (χ1v) is 12.8. The molecule has 0 aliphatic carbocycles. The molecule has 11 heteroatoms. The average molecular weight is 485 g/mol. The van der Waals surface area contributed by atoms with E-state index in [0.717, 1.165) is 16.2 Å². The predicted octanol–water partition coefficient (Wildman–Crippen LogP) is 4.32. The summed E-state index contributed by atoms with van der Waals surface area (Å²) in [6.07, 6.45) is 3.55. The Kier molecular flexibility index (Phi) is 7.59. The van der Waals surface area contributed by atoms with E-state index in [1.807, 2.05) is 25.3 Å². The maximum absolute atomic E-state index is 12.9. The Bertz CT molecular complexity index is 1120. The minimum atomic E-state index is -3.77. The molecule has 1 aromatic carbocycles. The molecule has 0 atom stereocenters. The largest absolute Gasteiger partial charge is 0.491 e. The van der Waals surface area contributed by atoms with Gasteiger partial charge in [0.25, 0.3) is 10.0 Å². The third kappa shape index (κ3) is 5.86. The van der Waals surface area contributed by atoms with Crippen LogP contribution in [-0.4, -0.2) is 56.8 Å². The number of sulfonamides is 1. The summed E-state index contributed by atoms with van der Waals surface area (Å²) >= 11 is 8.74. The number of hydrogen-bond acceptors (Lipinski definition) is 8. The molecule has 0 saturated carbocycles. The molecule has 0 fully saturated rings. The Morgan fingerprint density at radius 1 is 1.23 bits per heavy atom. The molecular weight excluding hydrogens is 464 g/mol. The number of nitrogens with zero attached hydrogens (tertiary/aromatic N) is 3. The molecule has 0 spiro atoms. The van der Waals surface area contributed by atoms with Crippen molar-refractivity contribution in [3.63, 3.8) is 0 Å². The number of thiophene rings is 1. The fraction of sp³-hybridized carbons (Fsp3) is 0.263. The molecule has 7 nitrogen and oxygen atoms in total. The van der Waals surface area contributed by atoms with E-state index in [4.69, 9.17) is 16.3 Å².